The van der Waals surface area contributed by atoms with Gasteiger partial charge in [-0.25, -0.2) is 0 Å². The van der Waals surface area contributed by atoms with Crippen molar-refractivity contribution in [2.75, 3.05) is 38.2 Å². The van der Waals surface area contributed by atoms with Gasteiger partial charge >= 0.3 is 0 Å². The van der Waals surface area contributed by atoms with Crippen LogP contribution in [0.15, 0.2) is 0 Å². The van der Waals surface area contributed by atoms with Crippen LogP contribution < -0.4 is 27.4 Å². The van der Waals surface area contributed by atoms with E-state index in [9.17, 15) is 24.6 Å². The zero-order valence-corrected chi connectivity index (χ0v) is 25.2. The van der Waals surface area contributed by atoms with Crippen LogP contribution in [0.25, 0.3) is 0 Å². The van der Waals surface area contributed by atoms with Crippen LogP contribution in [0.5, 0.6) is 0 Å². The number of benzene rings is 1. The maximum atomic E-state index is 13.0. The number of hydrogen-bond acceptors (Lipinski definition) is 9. The Morgan fingerprint density at radius 3 is 1.69 bits per heavy atom. The molecule has 3 amide bonds. The van der Waals surface area contributed by atoms with Crippen LogP contribution in [0.3, 0.4) is 0 Å². The zero-order chi connectivity index (χ0) is 26.7. The third-order valence-corrected chi connectivity index (χ3v) is 7.98. The van der Waals surface area contributed by atoms with E-state index in [1.807, 2.05) is 67.8 Å². The van der Waals surface area contributed by atoms with E-state index in [1.165, 1.54) is 0 Å². The maximum Gasteiger partial charge on any atom is 0.253 e. The summed E-state index contributed by atoms with van der Waals surface area (Å²) in [5, 5.41) is 44.9. The quantitative estimate of drug-likeness (QED) is 0.0834. The van der Waals surface area contributed by atoms with E-state index < -0.39 is 49.2 Å². The Morgan fingerprint density at radius 2 is 1.29 bits per heavy atom. The standard InChI is InChI=1S/C20H30I3N5O7/c21-14-12(19(34)26-5-9(31)7-29)15(22)17(28-18(33)11(25)3-1-2-4-24)16(23)13(14)20(35)27-6-10(32)8-30/h9-11,29-32H,1-8,24-25H2,(H,26,34)(H,27,35)(H,28,33). The number of aliphatic hydroxyl groups excluding tert-OH is 4. The summed E-state index contributed by atoms with van der Waals surface area (Å²) in [6, 6.07) is -0.832. The molecular formula is C20H30I3N5O7. The van der Waals surface area contributed by atoms with Crippen LogP contribution in [0.2, 0.25) is 0 Å². The molecule has 198 valence electrons. The first-order chi connectivity index (χ1) is 16.5. The van der Waals surface area contributed by atoms with Gasteiger partial charge in [0, 0.05) is 16.7 Å². The van der Waals surface area contributed by atoms with Gasteiger partial charge in [-0.3, -0.25) is 14.4 Å². The lowest BCUT2D eigenvalue weighted by Gasteiger charge is -2.21. The third-order valence-electron chi connectivity index (χ3n) is 4.74. The van der Waals surface area contributed by atoms with Gasteiger partial charge in [0.25, 0.3) is 11.8 Å². The molecule has 0 saturated carbocycles. The van der Waals surface area contributed by atoms with Crippen LogP contribution >= 0.6 is 67.8 Å². The van der Waals surface area contributed by atoms with Gasteiger partial charge in [0.2, 0.25) is 5.91 Å². The van der Waals surface area contributed by atoms with Crippen molar-refractivity contribution in [3.05, 3.63) is 21.8 Å². The first kappa shape index (κ1) is 32.6. The molecule has 0 saturated heterocycles. The molecule has 15 heteroatoms. The van der Waals surface area contributed by atoms with Crippen LogP contribution in [0.4, 0.5) is 5.69 Å². The molecule has 0 heterocycles. The molecule has 3 atom stereocenters. The Hall–Kier alpha value is -0.420. The fourth-order valence-corrected chi connectivity index (χ4v) is 7.17. The highest BCUT2D eigenvalue weighted by atomic mass is 127. The van der Waals surface area contributed by atoms with E-state index in [0.717, 1.165) is 0 Å². The van der Waals surface area contributed by atoms with Crippen LogP contribution in [0.1, 0.15) is 40.0 Å². The normalized spacial score (nSPS) is 13.6. The molecule has 3 unspecified atom stereocenters. The highest BCUT2D eigenvalue weighted by Crippen LogP contribution is 2.36. The number of anilines is 1. The first-order valence-electron chi connectivity index (χ1n) is 10.6. The van der Waals surface area contributed by atoms with E-state index in [-0.39, 0.29) is 33.5 Å². The number of rotatable bonds is 14. The molecule has 0 aliphatic rings. The molecule has 0 aliphatic carbocycles. The number of amides is 3. The average Bonchev–Trinajstić information content (AvgIpc) is 2.83. The molecule has 1 aromatic carbocycles. The summed E-state index contributed by atoms with van der Waals surface area (Å²) < 4.78 is 0.970. The number of hydrogen-bond donors (Lipinski definition) is 9. The van der Waals surface area contributed by atoms with Crippen LogP contribution in [-0.4, -0.2) is 89.2 Å². The van der Waals surface area contributed by atoms with Crippen molar-refractivity contribution in [2.45, 2.75) is 37.5 Å². The molecule has 1 rings (SSSR count). The summed E-state index contributed by atoms with van der Waals surface area (Å²) in [5.41, 5.74) is 11.9. The zero-order valence-electron chi connectivity index (χ0n) is 18.7. The van der Waals surface area contributed by atoms with Gasteiger partial charge in [0.15, 0.2) is 0 Å². The number of halogens is 3. The van der Waals surface area contributed by atoms with Crippen molar-refractivity contribution in [2.24, 2.45) is 11.5 Å². The van der Waals surface area contributed by atoms with Crippen molar-refractivity contribution in [3.63, 3.8) is 0 Å². The van der Waals surface area contributed by atoms with Crippen molar-refractivity contribution < 1.29 is 34.8 Å². The second-order valence-corrected chi connectivity index (χ2v) is 10.8. The molecule has 35 heavy (non-hydrogen) atoms. The van der Waals surface area contributed by atoms with E-state index in [0.29, 0.717) is 32.9 Å². The Kier molecular flexibility index (Phi) is 15.3. The molecule has 0 aliphatic heterocycles. The minimum Gasteiger partial charge on any atom is -0.394 e. The fourth-order valence-electron chi connectivity index (χ4n) is 2.75. The van der Waals surface area contributed by atoms with Gasteiger partial charge in [0.1, 0.15) is 0 Å². The van der Waals surface area contributed by atoms with E-state index in [1.54, 1.807) is 0 Å². The first-order valence-corrected chi connectivity index (χ1v) is 13.8. The number of aliphatic hydroxyl groups is 4. The summed E-state index contributed by atoms with van der Waals surface area (Å²) in [5.74, 6) is -1.76. The second-order valence-electron chi connectivity index (χ2n) is 7.54. The number of unbranched alkanes of at least 4 members (excludes halogenated alkanes) is 1. The smallest absolute Gasteiger partial charge is 0.253 e. The third kappa shape index (κ3) is 9.76. The maximum absolute atomic E-state index is 13.0. The monoisotopic (exact) mass is 833 g/mol. The Bertz CT molecular complexity index is 853. The molecule has 0 spiro atoms. The van der Waals surface area contributed by atoms with E-state index in [4.69, 9.17) is 21.7 Å². The Balaban J connectivity index is 3.44. The largest absolute Gasteiger partial charge is 0.394 e. The molecule has 0 radical (unpaired) electrons. The lowest BCUT2D eigenvalue weighted by Crippen LogP contribution is -2.38. The summed E-state index contributed by atoms with van der Waals surface area (Å²) in [7, 11) is 0. The van der Waals surface area contributed by atoms with Crippen molar-refractivity contribution >= 4 is 91.2 Å². The molecule has 12 nitrogen and oxygen atoms in total. The molecular weight excluding hydrogens is 803 g/mol. The van der Waals surface area contributed by atoms with Gasteiger partial charge in [-0.15, -0.1) is 0 Å². The van der Waals surface area contributed by atoms with Gasteiger partial charge in [-0.1, -0.05) is 6.42 Å². The second kappa shape index (κ2) is 16.4. The SMILES string of the molecule is NCCCCC(N)C(=O)Nc1c(I)c(C(=O)NCC(O)CO)c(I)c(C(=O)NCC(O)CO)c1I. The van der Waals surface area contributed by atoms with Crippen molar-refractivity contribution in [1.29, 1.82) is 0 Å². The lowest BCUT2D eigenvalue weighted by molar-refractivity contribution is -0.117. The van der Waals surface area contributed by atoms with Gasteiger partial charge < -0.3 is 47.8 Å². The summed E-state index contributed by atoms with van der Waals surface area (Å²) in [6.07, 6.45) is -0.571. The topological polar surface area (TPSA) is 220 Å². The number of carbonyl (C=O) groups excluding carboxylic acids is 3. The minimum atomic E-state index is -1.17. The summed E-state index contributed by atoms with van der Waals surface area (Å²) in [6.45, 7) is -1.08. The molecule has 0 aromatic heterocycles. The molecule has 0 bridgehead atoms. The van der Waals surface area contributed by atoms with E-state index >= 15 is 0 Å². The molecule has 1 aromatic rings. The van der Waals surface area contributed by atoms with Crippen LogP contribution in [-0.2, 0) is 4.79 Å². The molecule has 11 N–H and O–H groups in total. The van der Waals surface area contributed by atoms with Crippen molar-refractivity contribution in [3.8, 4) is 0 Å². The molecule has 0 fully saturated rings. The van der Waals surface area contributed by atoms with Gasteiger partial charge in [-0.05, 0) is 87.2 Å². The Morgan fingerprint density at radius 1 is 0.829 bits per heavy atom. The highest BCUT2D eigenvalue weighted by molar-refractivity contribution is 14.1. The number of nitrogens with one attached hydrogen (secondary N) is 3. The minimum absolute atomic E-state index is 0.0802. The fraction of sp³-hybridized carbons (Fsp3) is 0.550. The van der Waals surface area contributed by atoms with Gasteiger partial charge in [-0.2, -0.15) is 0 Å². The summed E-state index contributed by atoms with van der Waals surface area (Å²) in [4.78, 5) is 38.7. The number of nitrogens with two attached hydrogens (primary N) is 2. The predicted octanol–water partition coefficient (Wildman–Crippen LogP) is -0.939. The summed E-state index contributed by atoms with van der Waals surface area (Å²) >= 11 is 5.61. The Labute approximate surface area is 243 Å². The average molecular weight is 833 g/mol. The number of carbonyl (C=O) groups is 3. The highest BCUT2D eigenvalue weighted by Gasteiger charge is 2.29. The van der Waals surface area contributed by atoms with Crippen molar-refractivity contribution in [1.82, 2.24) is 10.6 Å². The lowest BCUT2D eigenvalue weighted by atomic mass is 10.1. The predicted molar refractivity (Wildman–Crippen MR) is 155 cm³/mol. The van der Waals surface area contributed by atoms with Crippen LogP contribution in [0, 0.1) is 10.7 Å². The van der Waals surface area contributed by atoms with E-state index in [2.05, 4.69) is 16.0 Å². The van der Waals surface area contributed by atoms with Gasteiger partial charge in [0.05, 0.1) is 55.4 Å².